The van der Waals surface area contributed by atoms with Crippen LogP contribution in [0.2, 0.25) is 0 Å². The molecule has 0 fully saturated rings. The Kier molecular flexibility index (Phi) is 5.00. The standard InChI is InChI=1S/C17H15N5OS.BrH/c1-11-15(22-9-5-8-18-16(22)19-11)13-10-24-17(21-13)20-12-6-3-4-7-14(12)23-2;/h3-10H,1-2H3,(H,20,21);1H/p-1. The number of nitrogens with one attached hydrogen (secondary N) is 1. The lowest BCUT2D eigenvalue weighted by Gasteiger charge is -2.08. The second-order valence-corrected chi connectivity index (χ2v) is 6.06. The Morgan fingerprint density at radius 1 is 1.16 bits per heavy atom. The van der Waals surface area contributed by atoms with Crippen LogP contribution in [0.25, 0.3) is 17.2 Å². The summed E-state index contributed by atoms with van der Waals surface area (Å²) in [7, 11) is 1.66. The minimum absolute atomic E-state index is 0. The van der Waals surface area contributed by atoms with Crippen LogP contribution in [0.5, 0.6) is 5.75 Å². The monoisotopic (exact) mass is 416 g/mol. The van der Waals surface area contributed by atoms with Gasteiger partial charge in [-0.15, -0.1) is 11.3 Å². The number of hydrogen-bond donors (Lipinski definition) is 1. The highest BCUT2D eigenvalue weighted by Gasteiger charge is 2.15. The highest BCUT2D eigenvalue weighted by molar-refractivity contribution is 7.14. The third-order valence-electron chi connectivity index (χ3n) is 3.67. The van der Waals surface area contributed by atoms with Crippen LogP contribution in [0, 0.1) is 6.92 Å². The topological polar surface area (TPSA) is 64.3 Å². The minimum Gasteiger partial charge on any atom is -1.00 e. The Labute approximate surface area is 159 Å². The average molecular weight is 417 g/mol. The van der Waals surface area contributed by atoms with E-state index in [2.05, 4.69) is 15.3 Å². The number of imidazole rings is 1. The molecule has 0 bridgehead atoms. The molecule has 0 aliphatic carbocycles. The second-order valence-electron chi connectivity index (χ2n) is 5.20. The van der Waals surface area contributed by atoms with Crippen LogP contribution in [0.4, 0.5) is 10.8 Å². The van der Waals surface area contributed by atoms with Crippen molar-refractivity contribution in [3.63, 3.8) is 0 Å². The molecule has 0 saturated carbocycles. The highest BCUT2D eigenvalue weighted by atomic mass is 79.9. The zero-order valence-corrected chi connectivity index (χ0v) is 16.0. The molecular formula is C17H15BrN5OS-. The molecule has 128 valence electrons. The van der Waals surface area contributed by atoms with Crippen LogP contribution in [-0.2, 0) is 0 Å². The second kappa shape index (κ2) is 7.20. The summed E-state index contributed by atoms with van der Waals surface area (Å²) in [5.74, 6) is 1.46. The van der Waals surface area contributed by atoms with Gasteiger partial charge in [0, 0.05) is 17.8 Å². The van der Waals surface area contributed by atoms with Gasteiger partial charge in [0.15, 0.2) is 5.13 Å². The summed E-state index contributed by atoms with van der Waals surface area (Å²) in [4.78, 5) is 13.5. The number of para-hydroxylation sites is 2. The number of anilines is 2. The third kappa shape index (κ3) is 3.22. The summed E-state index contributed by atoms with van der Waals surface area (Å²) in [6.45, 7) is 1.97. The van der Waals surface area contributed by atoms with Crippen LogP contribution in [0.15, 0.2) is 48.1 Å². The lowest BCUT2D eigenvalue weighted by Crippen LogP contribution is -3.00. The Balaban J connectivity index is 0.00000182. The quantitative estimate of drug-likeness (QED) is 0.535. The first-order valence-corrected chi connectivity index (χ1v) is 8.30. The lowest BCUT2D eigenvalue weighted by molar-refractivity contribution is -0.00000530. The fraction of sp³-hybridized carbons (Fsp3) is 0.118. The maximum absolute atomic E-state index is 5.37. The molecule has 4 rings (SSSR count). The molecule has 1 aromatic carbocycles. The molecule has 3 heterocycles. The van der Waals surface area contributed by atoms with E-state index in [1.54, 1.807) is 13.3 Å². The Morgan fingerprint density at radius 3 is 2.84 bits per heavy atom. The molecule has 0 aliphatic heterocycles. The van der Waals surface area contributed by atoms with Crippen molar-refractivity contribution < 1.29 is 21.7 Å². The summed E-state index contributed by atoms with van der Waals surface area (Å²) in [6, 6.07) is 9.66. The largest absolute Gasteiger partial charge is 1.00 e. The molecule has 0 amide bonds. The summed E-state index contributed by atoms with van der Waals surface area (Å²) in [5.41, 5.74) is 3.62. The first-order chi connectivity index (χ1) is 11.8. The van der Waals surface area contributed by atoms with Crippen molar-refractivity contribution in [2.45, 2.75) is 6.92 Å². The predicted molar refractivity (Wildman–Crippen MR) is 95.1 cm³/mol. The molecular weight excluding hydrogens is 402 g/mol. The fourth-order valence-corrected chi connectivity index (χ4v) is 3.32. The van der Waals surface area contributed by atoms with E-state index in [0.717, 1.165) is 33.7 Å². The molecule has 4 aromatic rings. The molecule has 0 spiro atoms. The number of rotatable bonds is 4. The number of thiazole rings is 1. The van der Waals surface area contributed by atoms with Gasteiger partial charge in [0.2, 0.25) is 5.78 Å². The van der Waals surface area contributed by atoms with Gasteiger partial charge in [-0.3, -0.25) is 4.40 Å². The number of fused-ring (bicyclic) bond motifs is 1. The van der Waals surface area contributed by atoms with Gasteiger partial charge in [0.05, 0.1) is 24.2 Å². The van der Waals surface area contributed by atoms with Crippen molar-refractivity contribution in [1.29, 1.82) is 0 Å². The van der Waals surface area contributed by atoms with Crippen molar-refractivity contribution in [1.82, 2.24) is 19.4 Å². The number of nitrogens with zero attached hydrogens (tertiary/aromatic N) is 4. The average Bonchev–Trinajstić information content (AvgIpc) is 3.18. The smallest absolute Gasteiger partial charge is 0.234 e. The Morgan fingerprint density at radius 2 is 2.00 bits per heavy atom. The molecule has 0 aliphatic rings. The molecule has 3 aromatic heterocycles. The van der Waals surface area contributed by atoms with E-state index in [-0.39, 0.29) is 17.0 Å². The fourth-order valence-electron chi connectivity index (χ4n) is 2.61. The Bertz CT molecular complexity index is 1010. The van der Waals surface area contributed by atoms with E-state index in [1.807, 2.05) is 53.2 Å². The summed E-state index contributed by atoms with van der Waals surface area (Å²) in [6.07, 6.45) is 3.69. The zero-order chi connectivity index (χ0) is 16.5. The molecule has 6 nitrogen and oxygen atoms in total. The number of methoxy groups -OCH3 is 1. The number of benzene rings is 1. The molecule has 8 heteroatoms. The summed E-state index contributed by atoms with van der Waals surface area (Å²) in [5, 5.41) is 6.12. The van der Waals surface area contributed by atoms with Crippen molar-refractivity contribution >= 4 is 27.9 Å². The van der Waals surface area contributed by atoms with E-state index in [0.29, 0.717) is 5.78 Å². The number of aryl methyl sites for hydroxylation is 1. The van der Waals surface area contributed by atoms with E-state index in [9.17, 15) is 0 Å². The van der Waals surface area contributed by atoms with Crippen molar-refractivity contribution in [3.05, 3.63) is 53.8 Å². The predicted octanol–water partition coefficient (Wildman–Crippen LogP) is 0.917. The maximum atomic E-state index is 5.37. The summed E-state index contributed by atoms with van der Waals surface area (Å²) >= 11 is 1.54. The summed E-state index contributed by atoms with van der Waals surface area (Å²) < 4.78 is 7.32. The number of ether oxygens (including phenoxy) is 1. The van der Waals surface area contributed by atoms with Crippen LogP contribution >= 0.6 is 11.3 Å². The lowest BCUT2D eigenvalue weighted by atomic mass is 10.3. The van der Waals surface area contributed by atoms with Crippen molar-refractivity contribution in [2.75, 3.05) is 12.4 Å². The minimum atomic E-state index is 0. The SMILES string of the molecule is COc1ccccc1Nc1nc(-c2c(C)nc3ncccn23)cs1.[Br-]. The van der Waals surface area contributed by atoms with E-state index >= 15 is 0 Å². The molecule has 0 atom stereocenters. The molecule has 0 unspecified atom stereocenters. The van der Waals surface area contributed by atoms with Crippen molar-refractivity contribution in [3.8, 4) is 17.1 Å². The van der Waals surface area contributed by atoms with Gasteiger partial charge >= 0.3 is 0 Å². The van der Waals surface area contributed by atoms with Gasteiger partial charge < -0.3 is 27.0 Å². The van der Waals surface area contributed by atoms with Gasteiger partial charge in [-0.25, -0.2) is 15.0 Å². The third-order valence-corrected chi connectivity index (χ3v) is 4.43. The number of hydrogen-bond acceptors (Lipinski definition) is 6. The Hall–Kier alpha value is -2.45. The normalized spacial score (nSPS) is 10.5. The molecule has 0 radical (unpaired) electrons. The first kappa shape index (κ1) is 17.4. The molecule has 0 saturated heterocycles. The maximum Gasteiger partial charge on any atom is 0.234 e. The van der Waals surface area contributed by atoms with Gasteiger partial charge in [0.1, 0.15) is 11.4 Å². The zero-order valence-electron chi connectivity index (χ0n) is 13.6. The molecule has 1 N–H and O–H groups in total. The van der Waals surface area contributed by atoms with Crippen LogP contribution < -0.4 is 27.0 Å². The van der Waals surface area contributed by atoms with Crippen LogP contribution in [0.3, 0.4) is 0 Å². The van der Waals surface area contributed by atoms with Crippen LogP contribution in [-0.4, -0.2) is 26.5 Å². The number of aromatic nitrogens is 4. The van der Waals surface area contributed by atoms with Crippen LogP contribution in [0.1, 0.15) is 5.69 Å². The van der Waals surface area contributed by atoms with Gasteiger partial charge in [-0.05, 0) is 25.1 Å². The first-order valence-electron chi connectivity index (χ1n) is 7.42. The highest BCUT2D eigenvalue weighted by Crippen LogP contribution is 2.32. The molecule has 25 heavy (non-hydrogen) atoms. The van der Waals surface area contributed by atoms with Gasteiger partial charge in [-0.1, -0.05) is 12.1 Å². The van der Waals surface area contributed by atoms with Gasteiger partial charge in [0.25, 0.3) is 0 Å². The van der Waals surface area contributed by atoms with E-state index < -0.39 is 0 Å². The van der Waals surface area contributed by atoms with Crippen molar-refractivity contribution in [2.24, 2.45) is 0 Å². The number of halogens is 1. The van der Waals surface area contributed by atoms with Gasteiger partial charge in [-0.2, -0.15) is 0 Å². The van der Waals surface area contributed by atoms with E-state index in [1.165, 1.54) is 11.3 Å². The van der Waals surface area contributed by atoms with E-state index in [4.69, 9.17) is 9.72 Å².